The summed E-state index contributed by atoms with van der Waals surface area (Å²) in [5.41, 5.74) is 0. The monoisotopic (exact) mass is 365 g/mol. The van der Waals surface area contributed by atoms with Crippen molar-refractivity contribution < 1.29 is 0 Å². The molecule has 3 heteroatoms. The fraction of sp³-hybridized carbons (Fsp3) is 0.957. The minimum atomic E-state index is 0.980. The summed E-state index contributed by atoms with van der Waals surface area (Å²) in [7, 11) is 0. The molecule has 154 valence electrons. The number of rotatable bonds is 17. The van der Waals surface area contributed by atoms with E-state index in [4.69, 9.17) is 0 Å². The molecule has 2 N–H and O–H groups in total. The molecular formula is C23H47N3. The first-order chi connectivity index (χ1) is 12.9. The van der Waals surface area contributed by atoms with E-state index in [1.54, 1.807) is 0 Å². The second-order valence-electron chi connectivity index (χ2n) is 8.09. The van der Waals surface area contributed by atoms with Gasteiger partial charge in [0.05, 0.1) is 0 Å². The highest BCUT2D eigenvalue weighted by molar-refractivity contribution is 5.79. The summed E-state index contributed by atoms with van der Waals surface area (Å²) in [5, 5.41) is 6.83. The Kier molecular flexibility index (Phi) is 17.1. The SMILES string of the molecule is CCCCCCCCCCCCCCCCCCNC1=NCCCCN1. The highest BCUT2D eigenvalue weighted by Gasteiger charge is 2.01. The van der Waals surface area contributed by atoms with Crippen LogP contribution in [0.2, 0.25) is 0 Å². The molecule has 1 aliphatic heterocycles. The smallest absolute Gasteiger partial charge is 0.191 e. The highest BCUT2D eigenvalue weighted by atomic mass is 15.2. The Labute approximate surface area is 164 Å². The molecule has 0 aromatic heterocycles. The van der Waals surface area contributed by atoms with Gasteiger partial charge in [-0.1, -0.05) is 103 Å². The Morgan fingerprint density at radius 3 is 1.73 bits per heavy atom. The standard InChI is InChI=1S/C23H47N3/c1-2-3-4-5-6-7-8-9-10-11-12-13-14-15-16-17-20-24-23-25-21-18-19-22-26-23/h2-22H2,1H3,(H2,24,25,26). The van der Waals surface area contributed by atoms with Gasteiger partial charge in [-0.15, -0.1) is 0 Å². The molecule has 0 aliphatic carbocycles. The Hall–Kier alpha value is -0.730. The van der Waals surface area contributed by atoms with Crippen LogP contribution >= 0.6 is 0 Å². The molecule has 0 atom stereocenters. The Bertz CT molecular complexity index is 315. The molecular weight excluding hydrogens is 318 g/mol. The molecule has 0 aromatic rings. The molecule has 0 saturated heterocycles. The molecule has 1 rings (SSSR count). The summed E-state index contributed by atoms with van der Waals surface area (Å²) < 4.78 is 0. The molecule has 0 radical (unpaired) electrons. The van der Waals surface area contributed by atoms with Crippen LogP contribution in [0.1, 0.15) is 122 Å². The van der Waals surface area contributed by atoms with Crippen molar-refractivity contribution in [2.45, 2.75) is 122 Å². The number of nitrogens with zero attached hydrogens (tertiary/aromatic N) is 1. The lowest BCUT2D eigenvalue weighted by molar-refractivity contribution is 0.529. The normalized spacial score (nSPS) is 14.6. The van der Waals surface area contributed by atoms with Crippen LogP contribution < -0.4 is 10.6 Å². The van der Waals surface area contributed by atoms with Crippen molar-refractivity contribution in [1.29, 1.82) is 0 Å². The lowest BCUT2D eigenvalue weighted by atomic mass is 10.0. The summed E-state index contributed by atoms with van der Waals surface area (Å²) in [4.78, 5) is 4.53. The second-order valence-corrected chi connectivity index (χ2v) is 8.09. The zero-order chi connectivity index (χ0) is 18.5. The maximum absolute atomic E-state index is 4.53. The molecule has 26 heavy (non-hydrogen) atoms. The molecule has 0 bridgehead atoms. The van der Waals surface area contributed by atoms with Gasteiger partial charge >= 0.3 is 0 Å². The van der Waals surface area contributed by atoms with Gasteiger partial charge in [0, 0.05) is 19.6 Å². The summed E-state index contributed by atoms with van der Waals surface area (Å²) in [5.74, 6) is 1.03. The van der Waals surface area contributed by atoms with Gasteiger partial charge in [0.15, 0.2) is 5.96 Å². The van der Waals surface area contributed by atoms with E-state index in [-0.39, 0.29) is 0 Å². The summed E-state index contributed by atoms with van der Waals surface area (Å²) >= 11 is 0. The van der Waals surface area contributed by atoms with Crippen molar-refractivity contribution in [1.82, 2.24) is 10.6 Å². The van der Waals surface area contributed by atoms with E-state index in [1.165, 1.54) is 116 Å². The predicted octanol–water partition coefficient (Wildman–Crippen LogP) is 6.58. The fourth-order valence-corrected chi connectivity index (χ4v) is 3.69. The first-order valence-electron chi connectivity index (χ1n) is 12.0. The van der Waals surface area contributed by atoms with Crippen molar-refractivity contribution in [2.75, 3.05) is 19.6 Å². The van der Waals surface area contributed by atoms with Crippen LogP contribution in [-0.2, 0) is 0 Å². The van der Waals surface area contributed by atoms with Gasteiger partial charge in [-0.25, -0.2) is 0 Å². The van der Waals surface area contributed by atoms with Crippen molar-refractivity contribution in [3.63, 3.8) is 0 Å². The van der Waals surface area contributed by atoms with Crippen LogP contribution in [0.4, 0.5) is 0 Å². The molecule has 0 aromatic carbocycles. The third-order valence-electron chi connectivity index (χ3n) is 5.47. The summed E-state index contributed by atoms with van der Waals surface area (Å²) in [6.45, 7) is 5.42. The number of unbranched alkanes of at least 4 members (excludes halogenated alkanes) is 15. The quantitative estimate of drug-likeness (QED) is 0.286. The molecule has 0 saturated carbocycles. The number of hydrogen-bond acceptors (Lipinski definition) is 3. The Morgan fingerprint density at radius 2 is 1.19 bits per heavy atom. The molecule has 0 spiro atoms. The Balaban J connectivity index is 1.70. The lowest BCUT2D eigenvalue weighted by Gasteiger charge is -2.09. The van der Waals surface area contributed by atoms with E-state index in [0.29, 0.717) is 0 Å². The average Bonchev–Trinajstić information content (AvgIpc) is 2.93. The molecule has 3 nitrogen and oxygen atoms in total. The minimum absolute atomic E-state index is 0.980. The zero-order valence-electron chi connectivity index (χ0n) is 17.8. The van der Waals surface area contributed by atoms with Gasteiger partial charge in [-0.2, -0.15) is 0 Å². The zero-order valence-corrected chi connectivity index (χ0v) is 17.8. The molecule has 0 amide bonds. The summed E-state index contributed by atoms with van der Waals surface area (Å²) in [6, 6.07) is 0. The van der Waals surface area contributed by atoms with Crippen LogP contribution in [0, 0.1) is 0 Å². The molecule has 0 unspecified atom stereocenters. The molecule has 1 heterocycles. The second kappa shape index (κ2) is 19.0. The van der Waals surface area contributed by atoms with Gasteiger partial charge in [0.2, 0.25) is 0 Å². The van der Waals surface area contributed by atoms with Gasteiger partial charge in [-0.05, 0) is 19.3 Å². The summed E-state index contributed by atoms with van der Waals surface area (Å²) in [6.07, 6.45) is 25.4. The Morgan fingerprint density at radius 1 is 0.692 bits per heavy atom. The highest BCUT2D eigenvalue weighted by Crippen LogP contribution is 2.13. The van der Waals surface area contributed by atoms with Crippen LogP contribution in [0.15, 0.2) is 4.99 Å². The topological polar surface area (TPSA) is 36.4 Å². The maximum atomic E-state index is 4.53. The van der Waals surface area contributed by atoms with Crippen LogP contribution in [0.5, 0.6) is 0 Å². The first kappa shape index (κ1) is 23.3. The van der Waals surface area contributed by atoms with Crippen LogP contribution in [0.3, 0.4) is 0 Å². The molecule has 1 aliphatic rings. The van der Waals surface area contributed by atoms with E-state index < -0.39 is 0 Å². The van der Waals surface area contributed by atoms with Gasteiger partial charge < -0.3 is 10.6 Å². The number of guanidine groups is 1. The van der Waals surface area contributed by atoms with Gasteiger partial charge in [0.25, 0.3) is 0 Å². The maximum Gasteiger partial charge on any atom is 0.191 e. The van der Waals surface area contributed by atoms with Crippen molar-refractivity contribution in [3.05, 3.63) is 0 Å². The number of aliphatic imine (C=N–C) groups is 1. The third-order valence-corrected chi connectivity index (χ3v) is 5.47. The van der Waals surface area contributed by atoms with Crippen molar-refractivity contribution in [2.24, 2.45) is 4.99 Å². The molecule has 0 fully saturated rings. The van der Waals surface area contributed by atoms with Gasteiger partial charge in [-0.3, -0.25) is 4.99 Å². The van der Waals surface area contributed by atoms with Crippen LogP contribution in [-0.4, -0.2) is 25.6 Å². The van der Waals surface area contributed by atoms with E-state index in [2.05, 4.69) is 22.5 Å². The van der Waals surface area contributed by atoms with Crippen LogP contribution in [0.25, 0.3) is 0 Å². The minimum Gasteiger partial charge on any atom is -0.356 e. The first-order valence-corrected chi connectivity index (χ1v) is 12.0. The van der Waals surface area contributed by atoms with Crippen molar-refractivity contribution in [3.8, 4) is 0 Å². The largest absolute Gasteiger partial charge is 0.356 e. The number of nitrogens with one attached hydrogen (secondary N) is 2. The third kappa shape index (κ3) is 15.5. The lowest BCUT2D eigenvalue weighted by Crippen LogP contribution is -2.37. The van der Waals surface area contributed by atoms with E-state index >= 15 is 0 Å². The van der Waals surface area contributed by atoms with Gasteiger partial charge in [0.1, 0.15) is 0 Å². The van der Waals surface area contributed by atoms with E-state index in [1.807, 2.05) is 0 Å². The van der Waals surface area contributed by atoms with E-state index in [0.717, 1.165) is 25.6 Å². The van der Waals surface area contributed by atoms with Crippen molar-refractivity contribution >= 4 is 5.96 Å². The fourth-order valence-electron chi connectivity index (χ4n) is 3.69. The number of hydrogen-bond donors (Lipinski definition) is 2. The average molecular weight is 366 g/mol. The predicted molar refractivity (Wildman–Crippen MR) is 117 cm³/mol. The van der Waals surface area contributed by atoms with E-state index in [9.17, 15) is 0 Å².